The standard InChI is InChI=1S/C12H21NSi/c1-4-10(3)11-8-6-7-9-12(11)14-13-5-2/h6-10,13H,4-5,14H2,1-3H3. The second-order valence-corrected chi connectivity index (χ2v) is 5.40. The fraction of sp³-hybridized carbons (Fsp3) is 0.500. The van der Waals surface area contributed by atoms with Gasteiger partial charge in [-0.1, -0.05) is 45.0 Å². The van der Waals surface area contributed by atoms with E-state index in [1.54, 1.807) is 10.8 Å². The molecule has 0 radical (unpaired) electrons. The molecule has 0 aliphatic rings. The SMILES string of the molecule is CCN[SiH2]c1ccccc1C(C)CC. The third-order valence-electron chi connectivity index (χ3n) is 2.76. The zero-order valence-electron chi connectivity index (χ0n) is 9.51. The maximum absolute atomic E-state index is 3.52. The highest BCUT2D eigenvalue weighted by molar-refractivity contribution is 6.51. The molecule has 0 fully saturated rings. The average molecular weight is 207 g/mol. The summed E-state index contributed by atoms with van der Waals surface area (Å²) in [6.07, 6.45) is 1.23. The van der Waals surface area contributed by atoms with E-state index in [1.807, 2.05) is 0 Å². The molecular formula is C12H21NSi. The van der Waals surface area contributed by atoms with Gasteiger partial charge in [-0.3, -0.25) is 0 Å². The molecule has 14 heavy (non-hydrogen) atoms. The van der Waals surface area contributed by atoms with E-state index in [4.69, 9.17) is 0 Å². The molecule has 0 aliphatic heterocycles. The van der Waals surface area contributed by atoms with Crippen LogP contribution in [0.15, 0.2) is 24.3 Å². The van der Waals surface area contributed by atoms with Crippen LogP contribution in [-0.4, -0.2) is 16.2 Å². The summed E-state index contributed by atoms with van der Waals surface area (Å²) >= 11 is 0. The molecule has 2 heteroatoms. The fourth-order valence-electron chi connectivity index (χ4n) is 1.66. The Hall–Kier alpha value is -0.603. The Morgan fingerprint density at radius 2 is 2.00 bits per heavy atom. The quantitative estimate of drug-likeness (QED) is 0.722. The van der Waals surface area contributed by atoms with Crippen molar-refractivity contribution in [3.8, 4) is 0 Å². The summed E-state index contributed by atoms with van der Waals surface area (Å²) in [5.74, 6) is 0.706. The molecule has 0 heterocycles. The van der Waals surface area contributed by atoms with Crippen molar-refractivity contribution in [2.24, 2.45) is 0 Å². The van der Waals surface area contributed by atoms with E-state index in [-0.39, 0.29) is 9.68 Å². The number of nitrogens with one attached hydrogen (secondary N) is 1. The van der Waals surface area contributed by atoms with Crippen LogP contribution in [0.2, 0.25) is 0 Å². The highest BCUT2D eigenvalue weighted by atomic mass is 28.2. The molecule has 0 amide bonds. The first-order chi connectivity index (χ1) is 6.79. The van der Waals surface area contributed by atoms with Crippen molar-refractivity contribution in [3.05, 3.63) is 29.8 Å². The van der Waals surface area contributed by atoms with E-state index < -0.39 is 0 Å². The van der Waals surface area contributed by atoms with Gasteiger partial charge in [0.25, 0.3) is 0 Å². The van der Waals surface area contributed by atoms with Crippen LogP contribution in [0.1, 0.15) is 38.7 Å². The minimum Gasteiger partial charge on any atom is -0.339 e. The van der Waals surface area contributed by atoms with Gasteiger partial charge in [0.2, 0.25) is 0 Å². The highest BCUT2D eigenvalue weighted by Crippen LogP contribution is 2.15. The molecule has 0 saturated heterocycles. The predicted octanol–water partition coefficient (Wildman–Crippen LogP) is 1.52. The van der Waals surface area contributed by atoms with Crippen LogP contribution in [0.5, 0.6) is 0 Å². The molecule has 1 N–H and O–H groups in total. The Morgan fingerprint density at radius 3 is 2.64 bits per heavy atom. The molecule has 0 aliphatic carbocycles. The summed E-state index contributed by atoms with van der Waals surface area (Å²) in [6.45, 7) is 7.86. The van der Waals surface area contributed by atoms with Gasteiger partial charge in [0.1, 0.15) is 9.68 Å². The Morgan fingerprint density at radius 1 is 1.29 bits per heavy atom. The number of benzene rings is 1. The van der Waals surface area contributed by atoms with E-state index in [1.165, 1.54) is 6.42 Å². The molecule has 1 aromatic carbocycles. The maximum atomic E-state index is 3.52. The van der Waals surface area contributed by atoms with Gasteiger partial charge in [-0.05, 0) is 29.6 Å². The largest absolute Gasteiger partial charge is 0.339 e. The third-order valence-corrected chi connectivity index (χ3v) is 4.54. The first kappa shape index (κ1) is 11.5. The molecule has 1 nitrogen and oxygen atoms in total. The summed E-state index contributed by atoms with van der Waals surface area (Å²) in [5.41, 5.74) is 1.56. The molecular weight excluding hydrogens is 186 g/mol. The normalized spacial score (nSPS) is 13.6. The van der Waals surface area contributed by atoms with Crippen LogP contribution in [0.25, 0.3) is 0 Å². The van der Waals surface area contributed by atoms with E-state index in [9.17, 15) is 0 Å². The predicted molar refractivity (Wildman–Crippen MR) is 67.0 cm³/mol. The van der Waals surface area contributed by atoms with Gasteiger partial charge in [0, 0.05) is 0 Å². The zero-order chi connectivity index (χ0) is 10.4. The van der Waals surface area contributed by atoms with Crippen LogP contribution in [0.3, 0.4) is 0 Å². The molecule has 1 atom stereocenters. The van der Waals surface area contributed by atoms with E-state index in [0.717, 1.165) is 6.54 Å². The maximum Gasteiger partial charge on any atom is 0.125 e. The number of hydrogen-bond acceptors (Lipinski definition) is 1. The third kappa shape index (κ3) is 2.96. The molecule has 1 rings (SSSR count). The second kappa shape index (κ2) is 5.99. The smallest absolute Gasteiger partial charge is 0.125 e. The molecule has 78 valence electrons. The topological polar surface area (TPSA) is 12.0 Å². The van der Waals surface area contributed by atoms with Gasteiger partial charge < -0.3 is 4.98 Å². The monoisotopic (exact) mass is 207 g/mol. The summed E-state index contributed by atoms with van der Waals surface area (Å²) in [4.78, 5) is 3.52. The lowest BCUT2D eigenvalue weighted by Crippen LogP contribution is -2.33. The molecule has 0 saturated carbocycles. The number of rotatable bonds is 5. The Bertz CT molecular complexity index is 273. The molecule has 0 aromatic heterocycles. The number of hydrogen-bond donors (Lipinski definition) is 1. The molecule has 1 aromatic rings. The van der Waals surface area contributed by atoms with Gasteiger partial charge in [-0.2, -0.15) is 0 Å². The average Bonchev–Trinajstić information content (AvgIpc) is 2.25. The van der Waals surface area contributed by atoms with Crippen LogP contribution in [0.4, 0.5) is 0 Å². The molecule has 0 bridgehead atoms. The van der Waals surface area contributed by atoms with Gasteiger partial charge in [-0.25, -0.2) is 0 Å². The first-order valence-corrected chi connectivity index (χ1v) is 6.99. The fourth-order valence-corrected chi connectivity index (χ4v) is 3.10. The summed E-state index contributed by atoms with van der Waals surface area (Å²) in [5, 5.41) is 1.59. The van der Waals surface area contributed by atoms with E-state index in [2.05, 4.69) is 50.0 Å². The molecule has 1 unspecified atom stereocenters. The Balaban J connectivity index is 2.79. The van der Waals surface area contributed by atoms with Crippen molar-refractivity contribution in [2.45, 2.75) is 33.1 Å². The van der Waals surface area contributed by atoms with Crippen molar-refractivity contribution in [1.29, 1.82) is 0 Å². The minimum atomic E-state index is -0.242. The second-order valence-electron chi connectivity index (χ2n) is 3.79. The lowest BCUT2D eigenvalue weighted by molar-refractivity contribution is 0.737. The zero-order valence-corrected chi connectivity index (χ0v) is 10.9. The van der Waals surface area contributed by atoms with Crippen molar-refractivity contribution in [2.75, 3.05) is 6.54 Å². The van der Waals surface area contributed by atoms with Crippen molar-refractivity contribution in [1.82, 2.24) is 4.98 Å². The first-order valence-electron chi connectivity index (χ1n) is 5.58. The van der Waals surface area contributed by atoms with Gasteiger partial charge in [-0.15, -0.1) is 0 Å². The lowest BCUT2D eigenvalue weighted by atomic mass is 9.99. The van der Waals surface area contributed by atoms with E-state index >= 15 is 0 Å². The van der Waals surface area contributed by atoms with Crippen LogP contribution in [-0.2, 0) is 0 Å². The van der Waals surface area contributed by atoms with E-state index in [0.29, 0.717) is 5.92 Å². The van der Waals surface area contributed by atoms with Crippen LogP contribution in [0, 0.1) is 0 Å². The minimum absolute atomic E-state index is 0.242. The van der Waals surface area contributed by atoms with Gasteiger partial charge in [0.15, 0.2) is 0 Å². The van der Waals surface area contributed by atoms with Crippen LogP contribution >= 0.6 is 0 Å². The highest BCUT2D eigenvalue weighted by Gasteiger charge is 2.07. The van der Waals surface area contributed by atoms with Crippen molar-refractivity contribution in [3.63, 3.8) is 0 Å². The summed E-state index contributed by atoms with van der Waals surface area (Å²) in [7, 11) is -0.242. The van der Waals surface area contributed by atoms with Crippen molar-refractivity contribution >= 4 is 14.9 Å². The molecule has 0 spiro atoms. The summed E-state index contributed by atoms with van der Waals surface area (Å²) < 4.78 is 0. The van der Waals surface area contributed by atoms with Gasteiger partial charge >= 0.3 is 0 Å². The Labute approximate surface area is 89.8 Å². The van der Waals surface area contributed by atoms with Gasteiger partial charge in [0.05, 0.1) is 0 Å². The van der Waals surface area contributed by atoms with Crippen LogP contribution < -0.4 is 10.2 Å². The van der Waals surface area contributed by atoms with Crippen molar-refractivity contribution < 1.29 is 0 Å². The lowest BCUT2D eigenvalue weighted by Gasteiger charge is -2.14. The Kier molecular flexibility index (Phi) is 4.91. The summed E-state index contributed by atoms with van der Waals surface area (Å²) in [6, 6.07) is 8.89.